The van der Waals surface area contributed by atoms with Crippen LogP contribution in [-0.2, 0) is 17.6 Å². The van der Waals surface area contributed by atoms with Crippen LogP contribution >= 0.6 is 0 Å². The van der Waals surface area contributed by atoms with Gasteiger partial charge in [0.1, 0.15) is 11.5 Å². The molecule has 4 N–H and O–H groups in total. The highest BCUT2D eigenvalue weighted by molar-refractivity contribution is 6.07. The number of fused-ring (bicyclic) bond motifs is 1. The van der Waals surface area contributed by atoms with Crippen LogP contribution in [0.1, 0.15) is 56.8 Å². The third-order valence-electron chi connectivity index (χ3n) is 5.44. The third kappa shape index (κ3) is 4.27. The molecule has 0 unspecified atom stereocenters. The summed E-state index contributed by atoms with van der Waals surface area (Å²) in [7, 11) is 0. The van der Waals surface area contributed by atoms with E-state index < -0.39 is 5.97 Å². The number of amides is 1. The molecule has 0 aliphatic rings. The van der Waals surface area contributed by atoms with E-state index in [2.05, 4.69) is 42.6 Å². The van der Waals surface area contributed by atoms with Crippen molar-refractivity contribution in [2.45, 2.75) is 40.0 Å². The maximum Gasteiger partial charge on any atom is 0.355 e. The number of H-pyrrole nitrogens is 3. The topological polar surface area (TPSA) is 129 Å². The number of hydrogen-bond acceptors (Lipinski definition) is 5. The summed E-state index contributed by atoms with van der Waals surface area (Å²) in [6.07, 6.45) is 4.55. The van der Waals surface area contributed by atoms with Crippen LogP contribution in [0.15, 0.2) is 30.5 Å². The minimum absolute atomic E-state index is 0.203. The smallest absolute Gasteiger partial charge is 0.355 e. The summed E-state index contributed by atoms with van der Waals surface area (Å²) in [5, 5.41) is 10.9. The standard InChI is InChI=1S/C23H26N6O3/c1-4-32-22(31)20-13(2)19(14(3)25-20)21(30)27-23-26-18(28-29-23)11-7-8-15-12-24-17-10-6-5-9-16(15)17/h5-6,9-10,12,24-25H,4,7-8,11H2,1-3H3,(H2,26,27,28,29,30). The number of para-hydroxylation sites is 1. The minimum Gasteiger partial charge on any atom is -0.461 e. The van der Waals surface area contributed by atoms with Gasteiger partial charge in [0.05, 0.1) is 12.2 Å². The Morgan fingerprint density at radius 1 is 1.16 bits per heavy atom. The number of aromatic amines is 3. The zero-order chi connectivity index (χ0) is 22.7. The third-order valence-corrected chi connectivity index (χ3v) is 5.44. The van der Waals surface area contributed by atoms with Gasteiger partial charge in [-0.25, -0.2) is 4.79 Å². The molecule has 166 valence electrons. The molecular weight excluding hydrogens is 408 g/mol. The summed E-state index contributed by atoms with van der Waals surface area (Å²) in [5.41, 5.74) is 4.18. The first-order valence-corrected chi connectivity index (χ1v) is 10.6. The highest BCUT2D eigenvalue weighted by Crippen LogP contribution is 2.21. The molecule has 32 heavy (non-hydrogen) atoms. The fourth-order valence-corrected chi connectivity index (χ4v) is 3.91. The molecule has 3 aromatic heterocycles. The average Bonchev–Trinajstić information content (AvgIpc) is 3.46. The highest BCUT2D eigenvalue weighted by Gasteiger charge is 2.23. The number of nitrogens with zero attached hydrogens (tertiary/aromatic N) is 2. The van der Waals surface area contributed by atoms with Crippen molar-refractivity contribution in [3.05, 3.63) is 64.4 Å². The van der Waals surface area contributed by atoms with Crippen LogP contribution in [-0.4, -0.2) is 43.6 Å². The predicted octanol–water partition coefficient (Wildman–Crippen LogP) is 3.84. The molecule has 3 heterocycles. The van der Waals surface area contributed by atoms with Crippen LogP contribution in [0.4, 0.5) is 5.95 Å². The van der Waals surface area contributed by atoms with Crippen LogP contribution in [0.5, 0.6) is 0 Å². The van der Waals surface area contributed by atoms with Gasteiger partial charge in [0.2, 0.25) is 5.95 Å². The van der Waals surface area contributed by atoms with E-state index in [-0.39, 0.29) is 24.2 Å². The molecule has 0 bridgehead atoms. The van der Waals surface area contributed by atoms with Gasteiger partial charge in [-0.2, -0.15) is 4.98 Å². The number of carbonyl (C=O) groups excluding carboxylic acids is 2. The van der Waals surface area contributed by atoms with Crippen LogP contribution < -0.4 is 5.32 Å². The van der Waals surface area contributed by atoms with Crippen LogP contribution in [0, 0.1) is 13.8 Å². The van der Waals surface area contributed by atoms with Crippen molar-refractivity contribution in [1.29, 1.82) is 0 Å². The lowest BCUT2D eigenvalue weighted by molar-refractivity contribution is 0.0519. The lowest BCUT2D eigenvalue weighted by Crippen LogP contribution is -2.15. The van der Waals surface area contributed by atoms with Crippen molar-refractivity contribution in [3.63, 3.8) is 0 Å². The molecule has 1 aromatic carbocycles. The molecule has 0 aliphatic heterocycles. The van der Waals surface area contributed by atoms with Gasteiger partial charge >= 0.3 is 5.97 Å². The van der Waals surface area contributed by atoms with Crippen molar-refractivity contribution in [2.75, 3.05) is 11.9 Å². The number of ether oxygens (including phenoxy) is 1. The number of aryl methyl sites for hydroxylation is 3. The Hall–Kier alpha value is -3.88. The lowest BCUT2D eigenvalue weighted by atomic mass is 10.1. The molecule has 0 saturated heterocycles. The Balaban J connectivity index is 1.37. The van der Waals surface area contributed by atoms with Gasteiger partial charge in [-0.15, -0.1) is 5.10 Å². The van der Waals surface area contributed by atoms with Gasteiger partial charge in [-0.05, 0) is 50.8 Å². The Bertz CT molecular complexity index is 1270. The van der Waals surface area contributed by atoms with Crippen LogP contribution in [0.2, 0.25) is 0 Å². The number of esters is 1. The van der Waals surface area contributed by atoms with E-state index in [0.717, 1.165) is 18.4 Å². The van der Waals surface area contributed by atoms with E-state index in [4.69, 9.17) is 4.74 Å². The molecule has 4 aromatic rings. The van der Waals surface area contributed by atoms with E-state index in [0.29, 0.717) is 29.1 Å². The van der Waals surface area contributed by atoms with Gasteiger partial charge in [0.15, 0.2) is 0 Å². The fraction of sp³-hybridized carbons (Fsp3) is 0.304. The Morgan fingerprint density at radius 2 is 1.97 bits per heavy atom. The van der Waals surface area contributed by atoms with Crippen molar-refractivity contribution in [3.8, 4) is 0 Å². The lowest BCUT2D eigenvalue weighted by Gasteiger charge is -2.03. The Labute approximate surface area is 185 Å². The average molecular weight is 435 g/mol. The van der Waals surface area contributed by atoms with Crippen molar-refractivity contribution in [1.82, 2.24) is 25.1 Å². The number of hydrogen-bond donors (Lipinski definition) is 4. The summed E-state index contributed by atoms with van der Waals surface area (Å²) in [6.45, 7) is 5.44. The second-order valence-corrected chi connectivity index (χ2v) is 7.62. The monoisotopic (exact) mass is 434 g/mol. The zero-order valence-corrected chi connectivity index (χ0v) is 18.3. The maximum atomic E-state index is 12.8. The molecule has 0 spiro atoms. The van der Waals surface area contributed by atoms with Crippen LogP contribution in [0.25, 0.3) is 10.9 Å². The van der Waals surface area contributed by atoms with Gasteiger partial charge in [-0.1, -0.05) is 18.2 Å². The number of carbonyl (C=O) groups is 2. The van der Waals surface area contributed by atoms with Gasteiger partial charge in [0, 0.05) is 29.2 Å². The molecule has 4 rings (SSSR count). The number of nitrogens with one attached hydrogen (secondary N) is 4. The molecule has 1 amide bonds. The summed E-state index contributed by atoms with van der Waals surface area (Å²) in [4.78, 5) is 35.4. The highest BCUT2D eigenvalue weighted by atomic mass is 16.5. The number of aromatic nitrogens is 5. The first-order chi connectivity index (χ1) is 15.5. The number of benzene rings is 1. The normalized spacial score (nSPS) is 11.1. The summed E-state index contributed by atoms with van der Waals surface area (Å²) in [6, 6.07) is 8.23. The molecule has 0 atom stereocenters. The van der Waals surface area contributed by atoms with E-state index in [1.165, 1.54) is 10.9 Å². The molecule has 0 radical (unpaired) electrons. The predicted molar refractivity (Wildman–Crippen MR) is 121 cm³/mol. The van der Waals surface area contributed by atoms with Crippen molar-refractivity contribution >= 4 is 28.7 Å². The van der Waals surface area contributed by atoms with E-state index in [9.17, 15) is 9.59 Å². The van der Waals surface area contributed by atoms with E-state index in [1.807, 2.05) is 18.3 Å². The largest absolute Gasteiger partial charge is 0.461 e. The van der Waals surface area contributed by atoms with Gasteiger partial charge in [0.25, 0.3) is 5.91 Å². The molecule has 0 aliphatic carbocycles. The van der Waals surface area contributed by atoms with E-state index in [1.54, 1.807) is 20.8 Å². The second kappa shape index (κ2) is 9.09. The number of anilines is 1. The summed E-state index contributed by atoms with van der Waals surface area (Å²) < 4.78 is 5.03. The zero-order valence-electron chi connectivity index (χ0n) is 18.3. The SMILES string of the molecule is CCOC(=O)c1[nH]c(C)c(C(=O)Nc2n[nH]c(CCCc3c[nH]c4ccccc34)n2)c1C. The molecule has 9 heteroatoms. The van der Waals surface area contributed by atoms with Gasteiger partial charge < -0.3 is 14.7 Å². The maximum absolute atomic E-state index is 12.8. The first kappa shape index (κ1) is 21.4. The van der Waals surface area contributed by atoms with Gasteiger partial charge in [-0.3, -0.25) is 15.2 Å². The first-order valence-electron chi connectivity index (χ1n) is 10.6. The Kier molecular flexibility index (Phi) is 6.07. The Morgan fingerprint density at radius 3 is 2.78 bits per heavy atom. The van der Waals surface area contributed by atoms with Crippen molar-refractivity contribution in [2.24, 2.45) is 0 Å². The fourth-order valence-electron chi connectivity index (χ4n) is 3.91. The van der Waals surface area contributed by atoms with Crippen molar-refractivity contribution < 1.29 is 14.3 Å². The molecule has 0 saturated carbocycles. The van der Waals surface area contributed by atoms with E-state index >= 15 is 0 Å². The second-order valence-electron chi connectivity index (χ2n) is 7.62. The summed E-state index contributed by atoms with van der Waals surface area (Å²) >= 11 is 0. The minimum atomic E-state index is -0.484. The number of rotatable bonds is 8. The quantitative estimate of drug-likeness (QED) is 0.313. The molecular formula is C23H26N6O3. The van der Waals surface area contributed by atoms with Crippen LogP contribution in [0.3, 0.4) is 0 Å². The summed E-state index contributed by atoms with van der Waals surface area (Å²) in [5.74, 6) is 0.0447. The molecule has 0 fully saturated rings. The molecule has 9 nitrogen and oxygen atoms in total.